The van der Waals surface area contributed by atoms with Gasteiger partial charge in [-0.3, -0.25) is 4.79 Å². The van der Waals surface area contributed by atoms with Crippen LogP contribution in [0.3, 0.4) is 0 Å². The number of aromatic nitrogens is 1. The minimum absolute atomic E-state index is 0.132. The van der Waals surface area contributed by atoms with Crippen LogP contribution in [0.25, 0.3) is 10.9 Å². The fraction of sp³-hybridized carbons (Fsp3) is 0.400. The number of hydrogen-bond acceptors (Lipinski definition) is 2. The van der Waals surface area contributed by atoms with Gasteiger partial charge in [0.2, 0.25) is 0 Å². The molecule has 19 heavy (non-hydrogen) atoms. The first kappa shape index (κ1) is 13.6. The number of aliphatic carboxylic acids is 1. The third-order valence-electron chi connectivity index (χ3n) is 3.48. The van der Waals surface area contributed by atoms with Crippen molar-refractivity contribution in [3.8, 4) is 0 Å². The molecule has 0 bridgehead atoms. The van der Waals surface area contributed by atoms with E-state index in [1.54, 1.807) is 0 Å². The Bertz CT molecular complexity index is 560. The number of aromatic amines is 1. The Kier molecular flexibility index (Phi) is 4.22. The Hall–Kier alpha value is -1.81. The SMILES string of the molecule is CC(C)C(CNCc1c[nH]c2ccccc12)C(=O)O. The minimum Gasteiger partial charge on any atom is -0.481 e. The Balaban J connectivity index is 1.97. The van der Waals surface area contributed by atoms with Crippen molar-refractivity contribution in [3.05, 3.63) is 36.0 Å². The van der Waals surface area contributed by atoms with Gasteiger partial charge in [0, 0.05) is 30.2 Å². The van der Waals surface area contributed by atoms with Gasteiger partial charge in [0.1, 0.15) is 0 Å². The van der Waals surface area contributed by atoms with Crippen LogP contribution in [-0.2, 0) is 11.3 Å². The van der Waals surface area contributed by atoms with Gasteiger partial charge in [0.25, 0.3) is 0 Å². The molecular formula is C15H20N2O2. The van der Waals surface area contributed by atoms with Crippen molar-refractivity contribution in [2.75, 3.05) is 6.54 Å². The van der Waals surface area contributed by atoms with Crippen LogP contribution in [0.2, 0.25) is 0 Å². The number of carboxylic acid groups (broad SMARTS) is 1. The van der Waals surface area contributed by atoms with Crippen molar-refractivity contribution in [1.82, 2.24) is 10.3 Å². The van der Waals surface area contributed by atoms with E-state index in [2.05, 4.69) is 16.4 Å². The van der Waals surface area contributed by atoms with Crippen LogP contribution in [0.4, 0.5) is 0 Å². The number of carboxylic acids is 1. The number of nitrogens with one attached hydrogen (secondary N) is 2. The second-order valence-electron chi connectivity index (χ2n) is 5.18. The Morgan fingerprint density at radius 3 is 2.79 bits per heavy atom. The zero-order valence-electron chi connectivity index (χ0n) is 11.3. The van der Waals surface area contributed by atoms with E-state index in [1.165, 1.54) is 10.9 Å². The molecule has 4 nitrogen and oxygen atoms in total. The molecule has 2 aromatic rings. The number of rotatable bonds is 6. The summed E-state index contributed by atoms with van der Waals surface area (Å²) in [5.74, 6) is -0.945. The lowest BCUT2D eigenvalue weighted by Gasteiger charge is -2.16. The number of H-pyrrole nitrogens is 1. The maximum Gasteiger partial charge on any atom is 0.308 e. The Morgan fingerprint density at radius 1 is 1.37 bits per heavy atom. The number of carbonyl (C=O) groups is 1. The van der Waals surface area contributed by atoms with Crippen LogP contribution in [0, 0.1) is 11.8 Å². The van der Waals surface area contributed by atoms with E-state index in [1.807, 2.05) is 38.2 Å². The number of fused-ring (bicyclic) bond motifs is 1. The van der Waals surface area contributed by atoms with E-state index >= 15 is 0 Å². The molecule has 2 rings (SSSR count). The summed E-state index contributed by atoms with van der Waals surface area (Å²) >= 11 is 0. The normalized spacial score (nSPS) is 13.0. The highest BCUT2D eigenvalue weighted by molar-refractivity contribution is 5.82. The van der Waals surface area contributed by atoms with Gasteiger partial charge in [-0.15, -0.1) is 0 Å². The molecule has 0 spiro atoms. The Labute approximate surface area is 112 Å². The first-order valence-electron chi connectivity index (χ1n) is 6.58. The van der Waals surface area contributed by atoms with Gasteiger partial charge < -0.3 is 15.4 Å². The predicted octanol–water partition coefficient (Wildman–Crippen LogP) is 2.61. The van der Waals surface area contributed by atoms with E-state index in [4.69, 9.17) is 5.11 Å². The molecule has 1 aromatic heterocycles. The summed E-state index contributed by atoms with van der Waals surface area (Å²) in [4.78, 5) is 14.3. The molecule has 0 saturated carbocycles. The first-order valence-corrected chi connectivity index (χ1v) is 6.58. The second kappa shape index (κ2) is 5.89. The molecular weight excluding hydrogens is 240 g/mol. The fourth-order valence-corrected chi connectivity index (χ4v) is 2.25. The lowest BCUT2D eigenvalue weighted by Crippen LogP contribution is -2.31. The summed E-state index contributed by atoms with van der Waals surface area (Å²) in [6.07, 6.45) is 1.98. The van der Waals surface area contributed by atoms with E-state index in [0.29, 0.717) is 13.1 Å². The summed E-state index contributed by atoms with van der Waals surface area (Å²) in [6, 6.07) is 8.11. The number of benzene rings is 1. The molecule has 0 aliphatic rings. The summed E-state index contributed by atoms with van der Waals surface area (Å²) in [6.45, 7) is 5.05. The lowest BCUT2D eigenvalue weighted by atomic mass is 9.96. The van der Waals surface area contributed by atoms with Gasteiger partial charge in [0.05, 0.1) is 5.92 Å². The standard InChI is InChI=1S/C15H20N2O2/c1-10(2)13(15(18)19)9-16-7-11-8-17-14-6-4-3-5-12(11)14/h3-6,8,10,13,16-17H,7,9H2,1-2H3,(H,18,19). The smallest absolute Gasteiger partial charge is 0.308 e. The molecule has 0 fully saturated rings. The molecule has 4 heteroatoms. The molecule has 0 radical (unpaired) electrons. The van der Waals surface area contributed by atoms with Crippen LogP contribution >= 0.6 is 0 Å². The van der Waals surface area contributed by atoms with Crippen LogP contribution in [0.1, 0.15) is 19.4 Å². The zero-order valence-corrected chi connectivity index (χ0v) is 11.3. The third-order valence-corrected chi connectivity index (χ3v) is 3.48. The van der Waals surface area contributed by atoms with Crippen molar-refractivity contribution in [2.24, 2.45) is 11.8 Å². The predicted molar refractivity (Wildman–Crippen MR) is 76.0 cm³/mol. The van der Waals surface area contributed by atoms with Crippen molar-refractivity contribution >= 4 is 16.9 Å². The number of para-hydroxylation sites is 1. The van der Waals surface area contributed by atoms with E-state index < -0.39 is 5.97 Å². The molecule has 0 amide bonds. The minimum atomic E-state index is -0.735. The van der Waals surface area contributed by atoms with Crippen molar-refractivity contribution in [1.29, 1.82) is 0 Å². The molecule has 1 aromatic carbocycles. The molecule has 1 atom stereocenters. The summed E-state index contributed by atoms with van der Waals surface area (Å²) < 4.78 is 0. The fourth-order valence-electron chi connectivity index (χ4n) is 2.25. The summed E-state index contributed by atoms with van der Waals surface area (Å²) in [5.41, 5.74) is 2.28. The molecule has 1 unspecified atom stereocenters. The first-order chi connectivity index (χ1) is 9.09. The van der Waals surface area contributed by atoms with E-state index in [0.717, 1.165) is 5.52 Å². The molecule has 0 aliphatic heterocycles. The topological polar surface area (TPSA) is 65.1 Å². The highest BCUT2D eigenvalue weighted by Crippen LogP contribution is 2.17. The van der Waals surface area contributed by atoms with Gasteiger partial charge in [-0.2, -0.15) is 0 Å². The summed E-state index contributed by atoms with van der Waals surface area (Å²) in [7, 11) is 0. The number of hydrogen-bond donors (Lipinski definition) is 3. The van der Waals surface area contributed by atoms with Gasteiger partial charge in [-0.25, -0.2) is 0 Å². The van der Waals surface area contributed by atoms with E-state index in [9.17, 15) is 4.79 Å². The van der Waals surface area contributed by atoms with Gasteiger partial charge in [-0.1, -0.05) is 32.0 Å². The van der Waals surface area contributed by atoms with Gasteiger partial charge in [-0.05, 0) is 17.5 Å². The molecule has 102 valence electrons. The lowest BCUT2D eigenvalue weighted by molar-refractivity contribution is -0.143. The van der Waals surface area contributed by atoms with Crippen molar-refractivity contribution in [2.45, 2.75) is 20.4 Å². The maximum atomic E-state index is 11.1. The third kappa shape index (κ3) is 3.15. The monoisotopic (exact) mass is 260 g/mol. The van der Waals surface area contributed by atoms with Crippen LogP contribution < -0.4 is 5.32 Å². The second-order valence-corrected chi connectivity index (χ2v) is 5.18. The average Bonchev–Trinajstić information content (AvgIpc) is 2.77. The van der Waals surface area contributed by atoms with Gasteiger partial charge >= 0.3 is 5.97 Å². The quantitative estimate of drug-likeness (QED) is 0.748. The Morgan fingerprint density at radius 2 is 2.11 bits per heavy atom. The average molecular weight is 260 g/mol. The van der Waals surface area contributed by atoms with Crippen molar-refractivity contribution in [3.63, 3.8) is 0 Å². The highest BCUT2D eigenvalue weighted by Gasteiger charge is 2.20. The maximum absolute atomic E-state index is 11.1. The molecule has 0 saturated heterocycles. The van der Waals surface area contributed by atoms with Crippen LogP contribution in [0.5, 0.6) is 0 Å². The molecule has 0 aliphatic carbocycles. The summed E-state index contributed by atoms with van der Waals surface area (Å²) in [5, 5.41) is 13.6. The van der Waals surface area contributed by atoms with Crippen molar-refractivity contribution < 1.29 is 9.90 Å². The molecule has 3 N–H and O–H groups in total. The zero-order chi connectivity index (χ0) is 13.8. The van der Waals surface area contributed by atoms with Gasteiger partial charge in [0.15, 0.2) is 0 Å². The van der Waals surface area contributed by atoms with E-state index in [-0.39, 0.29) is 11.8 Å². The molecule has 1 heterocycles. The largest absolute Gasteiger partial charge is 0.481 e. The highest BCUT2D eigenvalue weighted by atomic mass is 16.4. The van der Waals surface area contributed by atoms with Crippen LogP contribution in [0.15, 0.2) is 30.5 Å². The van der Waals surface area contributed by atoms with Crippen LogP contribution in [-0.4, -0.2) is 22.6 Å².